The van der Waals surface area contributed by atoms with Crippen LogP contribution in [0.4, 0.5) is 10.5 Å². The quantitative estimate of drug-likeness (QED) is 0.508. The summed E-state index contributed by atoms with van der Waals surface area (Å²) in [4.78, 5) is 28.5. The Morgan fingerprint density at radius 1 is 1.00 bits per heavy atom. The molecule has 1 aliphatic carbocycles. The molecule has 0 bridgehead atoms. The van der Waals surface area contributed by atoms with E-state index in [1.54, 1.807) is 0 Å². The predicted molar refractivity (Wildman–Crippen MR) is 142 cm³/mol. The Hall–Kier alpha value is -3.38. The molecule has 2 atom stereocenters. The van der Waals surface area contributed by atoms with E-state index in [2.05, 4.69) is 33.0 Å². The van der Waals surface area contributed by atoms with Crippen LogP contribution < -0.4 is 16.0 Å². The Balaban J connectivity index is 1.39. The van der Waals surface area contributed by atoms with Crippen LogP contribution in [0.15, 0.2) is 78.4 Å². The largest absolute Gasteiger partial charge is 0.354 e. The summed E-state index contributed by atoms with van der Waals surface area (Å²) in [6.07, 6.45) is 8.96. The molecule has 184 valence electrons. The van der Waals surface area contributed by atoms with Gasteiger partial charge in [-0.15, -0.1) is 0 Å². The highest BCUT2D eigenvalue weighted by Gasteiger charge is 2.40. The van der Waals surface area contributed by atoms with Crippen molar-refractivity contribution in [3.63, 3.8) is 0 Å². The van der Waals surface area contributed by atoms with Gasteiger partial charge in [0, 0.05) is 18.8 Å². The molecule has 0 radical (unpaired) electrons. The van der Waals surface area contributed by atoms with Gasteiger partial charge >= 0.3 is 6.03 Å². The Morgan fingerprint density at radius 2 is 1.69 bits per heavy atom. The maximum Gasteiger partial charge on any atom is 0.319 e. The normalized spacial score (nSPS) is 20.7. The number of amides is 3. The van der Waals surface area contributed by atoms with Gasteiger partial charge in [0.1, 0.15) is 0 Å². The molecular weight excluding hydrogens is 436 g/mol. The Labute approximate surface area is 208 Å². The fraction of sp³-hybridized carbons (Fsp3) is 0.379. The predicted octanol–water partition coefficient (Wildman–Crippen LogP) is 4.97. The van der Waals surface area contributed by atoms with Gasteiger partial charge in [-0.25, -0.2) is 4.79 Å². The summed E-state index contributed by atoms with van der Waals surface area (Å²) in [7, 11) is 0. The van der Waals surface area contributed by atoms with Gasteiger partial charge in [0.15, 0.2) is 0 Å². The van der Waals surface area contributed by atoms with Crippen LogP contribution in [0.2, 0.25) is 0 Å². The van der Waals surface area contributed by atoms with Crippen LogP contribution in [0.1, 0.15) is 33.1 Å². The van der Waals surface area contributed by atoms with Crippen LogP contribution in [-0.2, 0) is 4.79 Å². The zero-order valence-corrected chi connectivity index (χ0v) is 20.7. The Kier molecular flexibility index (Phi) is 8.03. The maximum absolute atomic E-state index is 13.1. The molecule has 3 N–H and O–H groups in total. The molecule has 1 saturated heterocycles. The Morgan fingerprint density at radius 3 is 2.37 bits per heavy atom. The lowest BCUT2D eigenvalue weighted by Gasteiger charge is -2.38. The fourth-order valence-corrected chi connectivity index (χ4v) is 4.94. The molecule has 0 aromatic heterocycles. The van der Waals surface area contributed by atoms with E-state index in [1.807, 2.05) is 74.5 Å². The van der Waals surface area contributed by atoms with Crippen LogP contribution in [0, 0.1) is 5.92 Å². The van der Waals surface area contributed by atoms with E-state index in [0.29, 0.717) is 18.7 Å². The summed E-state index contributed by atoms with van der Waals surface area (Å²) in [5.41, 5.74) is 3.25. The zero-order chi connectivity index (χ0) is 24.7. The lowest BCUT2D eigenvalue weighted by Crippen LogP contribution is -2.57. The minimum atomic E-state index is -0.787. The van der Waals surface area contributed by atoms with E-state index >= 15 is 0 Å². The first-order valence-electron chi connectivity index (χ1n) is 12.5. The summed E-state index contributed by atoms with van der Waals surface area (Å²) < 4.78 is 0. The molecule has 2 aromatic carbocycles. The zero-order valence-electron chi connectivity index (χ0n) is 20.7. The number of benzene rings is 2. The first-order valence-corrected chi connectivity index (χ1v) is 12.5. The minimum absolute atomic E-state index is 0.0453. The second-order valence-corrected chi connectivity index (χ2v) is 9.67. The number of likely N-dealkylation sites (tertiary alicyclic amines) is 1. The van der Waals surface area contributed by atoms with Crippen LogP contribution in [0.25, 0.3) is 11.1 Å². The van der Waals surface area contributed by atoms with E-state index in [1.165, 1.54) is 12.8 Å². The van der Waals surface area contributed by atoms with Gasteiger partial charge < -0.3 is 20.9 Å². The van der Waals surface area contributed by atoms with Crippen LogP contribution >= 0.6 is 0 Å². The number of rotatable bonds is 8. The lowest BCUT2D eigenvalue weighted by atomic mass is 9.77. The third kappa shape index (κ3) is 6.40. The van der Waals surface area contributed by atoms with Crippen molar-refractivity contribution in [2.75, 3.05) is 31.5 Å². The maximum atomic E-state index is 13.1. The number of urea groups is 1. The van der Waals surface area contributed by atoms with Crippen molar-refractivity contribution in [3.8, 4) is 11.1 Å². The van der Waals surface area contributed by atoms with E-state index in [9.17, 15) is 9.59 Å². The number of nitrogens with zero attached hydrogens (tertiary/aromatic N) is 1. The van der Waals surface area contributed by atoms with E-state index in [4.69, 9.17) is 0 Å². The number of hydrogen-bond acceptors (Lipinski definition) is 3. The number of hydrogen-bond donors (Lipinski definition) is 3. The minimum Gasteiger partial charge on any atom is -0.354 e. The van der Waals surface area contributed by atoms with Gasteiger partial charge in [0.25, 0.3) is 0 Å². The van der Waals surface area contributed by atoms with Crippen LogP contribution in [0.3, 0.4) is 0 Å². The molecule has 0 spiro atoms. The molecule has 35 heavy (non-hydrogen) atoms. The molecule has 2 aliphatic rings. The summed E-state index contributed by atoms with van der Waals surface area (Å²) in [5.74, 6) is -0.469. The number of carbonyl (C=O) groups excluding carboxylic acids is 2. The van der Waals surface area contributed by atoms with Crippen molar-refractivity contribution in [3.05, 3.63) is 78.4 Å². The first-order chi connectivity index (χ1) is 16.9. The van der Waals surface area contributed by atoms with Crippen molar-refractivity contribution < 1.29 is 9.59 Å². The highest BCUT2D eigenvalue weighted by atomic mass is 16.2. The SMILES string of the molecule is CC1=CC=CC(NC(=O)Nc2ccc(-c3ccccc3)cc2)(C(C)C(=O)NCCN2CCCC2)C1. The second kappa shape index (κ2) is 11.4. The molecule has 2 unspecified atom stereocenters. The summed E-state index contributed by atoms with van der Waals surface area (Å²) in [6.45, 7) is 7.62. The van der Waals surface area contributed by atoms with Crippen LogP contribution in [-0.4, -0.2) is 48.6 Å². The van der Waals surface area contributed by atoms with Crippen molar-refractivity contribution in [2.45, 2.75) is 38.6 Å². The van der Waals surface area contributed by atoms with E-state index < -0.39 is 11.5 Å². The lowest BCUT2D eigenvalue weighted by molar-refractivity contribution is -0.126. The highest BCUT2D eigenvalue weighted by molar-refractivity contribution is 5.91. The molecule has 2 aromatic rings. The number of allylic oxidation sites excluding steroid dienone is 2. The van der Waals surface area contributed by atoms with Crippen molar-refractivity contribution in [1.29, 1.82) is 0 Å². The number of carbonyl (C=O) groups is 2. The van der Waals surface area contributed by atoms with Crippen LogP contribution in [0.5, 0.6) is 0 Å². The van der Waals surface area contributed by atoms with Gasteiger partial charge in [0.2, 0.25) is 5.91 Å². The standard InChI is InChI=1S/C29H36N4O2/c1-22-9-8-16-29(21-22,23(2)27(34)30-17-20-33-18-6-7-19-33)32-28(35)31-26-14-12-25(13-15-26)24-10-4-3-5-11-24/h3-5,8-16,23H,6-7,17-21H2,1-2H3,(H,30,34)(H2,31,32,35). The summed E-state index contributed by atoms with van der Waals surface area (Å²) in [5, 5.41) is 9.15. The average Bonchev–Trinajstić information content (AvgIpc) is 3.38. The molecule has 4 rings (SSSR count). The molecule has 3 amide bonds. The Bertz CT molecular complexity index is 1070. The van der Waals surface area contributed by atoms with E-state index in [0.717, 1.165) is 36.3 Å². The third-order valence-electron chi connectivity index (χ3n) is 7.03. The molecule has 0 saturated carbocycles. The monoisotopic (exact) mass is 472 g/mol. The first kappa shape index (κ1) is 24.7. The third-order valence-corrected chi connectivity index (χ3v) is 7.03. The topological polar surface area (TPSA) is 73.5 Å². The molecule has 1 heterocycles. The van der Waals surface area contributed by atoms with Crippen molar-refractivity contribution >= 4 is 17.6 Å². The van der Waals surface area contributed by atoms with E-state index in [-0.39, 0.29) is 11.9 Å². The highest BCUT2D eigenvalue weighted by Crippen LogP contribution is 2.31. The summed E-state index contributed by atoms with van der Waals surface area (Å²) >= 11 is 0. The molecule has 6 heteroatoms. The van der Waals surface area contributed by atoms with Crippen molar-refractivity contribution in [1.82, 2.24) is 15.5 Å². The number of anilines is 1. The van der Waals surface area contributed by atoms with Crippen molar-refractivity contribution in [2.24, 2.45) is 5.92 Å². The molecule has 6 nitrogen and oxygen atoms in total. The molecular formula is C29H36N4O2. The number of nitrogens with one attached hydrogen (secondary N) is 3. The van der Waals surface area contributed by atoms with Gasteiger partial charge in [0.05, 0.1) is 11.5 Å². The summed E-state index contributed by atoms with van der Waals surface area (Å²) in [6, 6.07) is 17.6. The average molecular weight is 473 g/mol. The fourth-order valence-electron chi connectivity index (χ4n) is 4.94. The van der Waals surface area contributed by atoms with Gasteiger partial charge in [-0.3, -0.25) is 4.79 Å². The second-order valence-electron chi connectivity index (χ2n) is 9.67. The smallest absolute Gasteiger partial charge is 0.319 e. The molecule has 1 aliphatic heterocycles. The van der Waals surface area contributed by atoms with Gasteiger partial charge in [-0.2, -0.15) is 0 Å². The molecule has 1 fully saturated rings. The van der Waals surface area contributed by atoms with Gasteiger partial charge in [-0.1, -0.05) is 73.2 Å². The van der Waals surface area contributed by atoms with Gasteiger partial charge in [-0.05, 0) is 62.5 Å².